The van der Waals surface area contributed by atoms with E-state index in [2.05, 4.69) is 28.9 Å². The van der Waals surface area contributed by atoms with E-state index in [1.807, 2.05) is 55.6 Å². The topological polar surface area (TPSA) is 51.1 Å². The molecule has 0 aliphatic heterocycles. The van der Waals surface area contributed by atoms with Gasteiger partial charge in [0.15, 0.2) is 5.82 Å². The van der Waals surface area contributed by atoms with Gasteiger partial charge in [-0.05, 0) is 48.9 Å². The summed E-state index contributed by atoms with van der Waals surface area (Å²) in [5.74, 6) is 2.45. The van der Waals surface area contributed by atoms with Crippen LogP contribution in [0.1, 0.15) is 5.56 Å². The van der Waals surface area contributed by atoms with Crippen molar-refractivity contribution in [3.8, 4) is 17.1 Å². The summed E-state index contributed by atoms with van der Waals surface area (Å²) in [5, 5.41) is 1.02. The van der Waals surface area contributed by atoms with Gasteiger partial charge >= 0.3 is 0 Å². The molecular weight excluding hydrogens is 348 g/mol. The van der Waals surface area contributed by atoms with E-state index in [0.29, 0.717) is 19.0 Å². The van der Waals surface area contributed by atoms with Crippen LogP contribution in [0.2, 0.25) is 0 Å². The lowest BCUT2D eigenvalue weighted by Crippen LogP contribution is -2.25. The average molecular weight is 370 g/mol. The van der Waals surface area contributed by atoms with E-state index >= 15 is 0 Å². The second-order valence-corrected chi connectivity index (χ2v) is 6.72. The highest BCUT2D eigenvalue weighted by atomic mass is 16.5. The van der Waals surface area contributed by atoms with Crippen molar-refractivity contribution >= 4 is 16.7 Å². The van der Waals surface area contributed by atoms with Crippen LogP contribution in [0.25, 0.3) is 22.3 Å². The first-order chi connectivity index (χ1) is 13.7. The van der Waals surface area contributed by atoms with E-state index in [4.69, 9.17) is 14.7 Å². The van der Waals surface area contributed by atoms with Crippen LogP contribution >= 0.6 is 0 Å². The SMILES string of the molecule is Cc1cccc(OCCN(C)c2nc(-c3cccnc3)nc3ccccc23)c1. The van der Waals surface area contributed by atoms with Gasteiger partial charge in [-0.2, -0.15) is 0 Å². The van der Waals surface area contributed by atoms with Gasteiger partial charge in [-0.15, -0.1) is 0 Å². The molecule has 5 heteroatoms. The highest BCUT2D eigenvalue weighted by Crippen LogP contribution is 2.26. The molecule has 0 bridgehead atoms. The lowest BCUT2D eigenvalue weighted by Gasteiger charge is -2.21. The maximum absolute atomic E-state index is 5.91. The number of fused-ring (bicyclic) bond motifs is 1. The molecule has 2 heterocycles. The van der Waals surface area contributed by atoms with Crippen molar-refractivity contribution in [2.75, 3.05) is 25.1 Å². The predicted octanol–water partition coefficient (Wildman–Crippen LogP) is 4.52. The molecule has 2 aromatic carbocycles. The molecule has 0 unspecified atom stereocenters. The minimum Gasteiger partial charge on any atom is -0.492 e. The molecule has 0 saturated carbocycles. The van der Waals surface area contributed by atoms with Crippen LogP contribution in [-0.2, 0) is 0 Å². The lowest BCUT2D eigenvalue weighted by molar-refractivity contribution is 0.325. The number of likely N-dealkylation sites (N-methyl/N-ethyl adjacent to an activating group) is 1. The summed E-state index contributed by atoms with van der Waals surface area (Å²) in [5.41, 5.74) is 3.01. The fourth-order valence-corrected chi connectivity index (χ4v) is 3.09. The van der Waals surface area contributed by atoms with E-state index in [0.717, 1.165) is 28.0 Å². The molecule has 5 nitrogen and oxygen atoms in total. The Morgan fingerprint density at radius 3 is 2.68 bits per heavy atom. The third kappa shape index (κ3) is 3.93. The van der Waals surface area contributed by atoms with E-state index in [9.17, 15) is 0 Å². The minimum absolute atomic E-state index is 0.570. The van der Waals surface area contributed by atoms with E-state index in [-0.39, 0.29) is 0 Å². The van der Waals surface area contributed by atoms with Crippen LogP contribution in [0.5, 0.6) is 5.75 Å². The Hall–Kier alpha value is -3.47. The Bertz CT molecular complexity index is 1080. The monoisotopic (exact) mass is 370 g/mol. The molecule has 0 radical (unpaired) electrons. The maximum atomic E-state index is 5.91. The maximum Gasteiger partial charge on any atom is 0.163 e. The average Bonchev–Trinajstić information content (AvgIpc) is 2.73. The van der Waals surface area contributed by atoms with Gasteiger partial charge < -0.3 is 9.64 Å². The van der Waals surface area contributed by atoms with Gasteiger partial charge in [0.2, 0.25) is 0 Å². The molecule has 28 heavy (non-hydrogen) atoms. The van der Waals surface area contributed by atoms with Crippen molar-refractivity contribution in [1.29, 1.82) is 0 Å². The zero-order valence-electron chi connectivity index (χ0n) is 16.0. The molecule has 0 saturated heterocycles. The molecular formula is C23H22N4O. The third-order valence-electron chi connectivity index (χ3n) is 4.55. The smallest absolute Gasteiger partial charge is 0.163 e. The molecule has 0 aliphatic rings. The number of nitrogens with zero attached hydrogens (tertiary/aromatic N) is 4. The van der Waals surface area contributed by atoms with Crippen molar-refractivity contribution in [3.63, 3.8) is 0 Å². The zero-order valence-corrected chi connectivity index (χ0v) is 16.0. The highest BCUT2D eigenvalue weighted by Gasteiger charge is 2.13. The second-order valence-electron chi connectivity index (χ2n) is 6.72. The van der Waals surface area contributed by atoms with Crippen LogP contribution < -0.4 is 9.64 Å². The summed E-state index contributed by atoms with van der Waals surface area (Å²) in [6.07, 6.45) is 3.54. The molecule has 140 valence electrons. The number of ether oxygens (including phenoxy) is 1. The van der Waals surface area contributed by atoms with E-state index in [1.54, 1.807) is 12.4 Å². The predicted molar refractivity (Wildman–Crippen MR) is 113 cm³/mol. The van der Waals surface area contributed by atoms with Crippen molar-refractivity contribution < 1.29 is 4.74 Å². The lowest BCUT2D eigenvalue weighted by atomic mass is 10.2. The Morgan fingerprint density at radius 1 is 0.964 bits per heavy atom. The van der Waals surface area contributed by atoms with E-state index in [1.165, 1.54) is 5.56 Å². The molecule has 0 N–H and O–H groups in total. The summed E-state index contributed by atoms with van der Waals surface area (Å²) in [4.78, 5) is 15.9. The summed E-state index contributed by atoms with van der Waals surface area (Å²) in [6.45, 7) is 3.34. The van der Waals surface area contributed by atoms with Gasteiger partial charge in [0, 0.05) is 30.4 Å². The Morgan fingerprint density at radius 2 is 1.86 bits per heavy atom. The first-order valence-electron chi connectivity index (χ1n) is 9.28. The Kier molecular flexibility index (Phi) is 5.15. The molecule has 4 rings (SSSR count). The molecule has 4 aromatic rings. The fourth-order valence-electron chi connectivity index (χ4n) is 3.09. The van der Waals surface area contributed by atoms with Gasteiger partial charge in [-0.25, -0.2) is 9.97 Å². The Labute approximate surface area is 164 Å². The standard InChI is InChI=1S/C23H22N4O/c1-17-7-5-9-19(15-17)28-14-13-27(2)23-20-10-3-4-11-21(20)25-22(26-23)18-8-6-12-24-16-18/h3-12,15-16H,13-14H2,1-2H3. The number of pyridine rings is 1. The summed E-state index contributed by atoms with van der Waals surface area (Å²) >= 11 is 0. The van der Waals surface area contributed by atoms with Gasteiger partial charge in [0.1, 0.15) is 18.2 Å². The summed E-state index contributed by atoms with van der Waals surface area (Å²) in [6, 6.07) is 20.0. The fraction of sp³-hybridized carbons (Fsp3) is 0.174. The van der Waals surface area contributed by atoms with Crippen molar-refractivity contribution in [1.82, 2.24) is 15.0 Å². The van der Waals surface area contributed by atoms with Crippen LogP contribution in [0.4, 0.5) is 5.82 Å². The third-order valence-corrected chi connectivity index (χ3v) is 4.55. The van der Waals surface area contributed by atoms with Gasteiger partial charge in [0.05, 0.1) is 12.1 Å². The number of para-hydroxylation sites is 1. The normalized spacial score (nSPS) is 10.8. The van der Waals surface area contributed by atoms with Crippen molar-refractivity contribution in [2.45, 2.75) is 6.92 Å². The Balaban J connectivity index is 1.59. The quantitative estimate of drug-likeness (QED) is 0.500. The number of aryl methyl sites for hydroxylation is 1. The van der Waals surface area contributed by atoms with Crippen molar-refractivity contribution in [3.05, 3.63) is 78.6 Å². The van der Waals surface area contributed by atoms with Crippen LogP contribution in [0.3, 0.4) is 0 Å². The molecule has 0 fully saturated rings. The highest BCUT2D eigenvalue weighted by molar-refractivity contribution is 5.90. The summed E-state index contributed by atoms with van der Waals surface area (Å²) in [7, 11) is 2.03. The number of hydrogen-bond acceptors (Lipinski definition) is 5. The van der Waals surface area contributed by atoms with Gasteiger partial charge in [0.25, 0.3) is 0 Å². The van der Waals surface area contributed by atoms with Gasteiger partial charge in [-0.3, -0.25) is 4.98 Å². The van der Waals surface area contributed by atoms with Gasteiger partial charge in [-0.1, -0.05) is 24.3 Å². The summed E-state index contributed by atoms with van der Waals surface area (Å²) < 4.78 is 5.91. The zero-order chi connectivity index (χ0) is 19.3. The molecule has 2 aromatic heterocycles. The number of anilines is 1. The largest absolute Gasteiger partial charge is 0.492 e. The molecule has 0 spiro atoms. The van der Waals surface area contributed by atoms with E-state index < -0.39 is 0 Å². The van der Waals surface area contributed by atoms with Crippen molar-refractivity contribution in [2.24, 2.45) is 0 Å². The number of benzene rings is 2. The first-order valence-corrected chi connectivity index (χ1v) is 9.28. The van der Waals surface area contributed by atoms with Crippen LogP contribution in [0, 0.1) is 6.92 Å². The first kappa shape index (κ1) is 17.9. The minimum atomic E-state index is 0.570. The second kappa shape index (κ2) is 8.05. The number of aromatic nitrogens is 3. The number of rotatable bonds is 6. The molecule has 0 amide bonds. The van der Waals surface area contributed by atoms with Crippen LogP contribution in [-0.4, -0.2) is 35.2 Å². The number of hydrogen-bond donors (Lipinski definition) is 0. The molecule has 0 aliphatic carbocycles. The molecule has 0 atom stereocenters. The van der Waals surface area contributed by atoms with Crippen LogP contribution in [0.15, 0.2) is 73.1 Å².